The maximum Gasteiger partial charge on any atom is 0.223 e. The molecule has 3 atom stereocenters. The quantitative estimate of drug-likeness (QED) is 0.0231. The van der Waals surface area contributed by atoms with Gasteiger partial charge in [-0.1, -0.05) is 91.0 Å². The molecule has 3 amide bonds. The molecule has 8 N–H and O–H groups in total. The van der Waals surface area contributed by atoms with Crippen LogP contribution in [0.5, 0.6) is 17.2 Å². The first kappa shape index (κ1) is 55.5. The number of nitrogens with one attached hydrogen (secondary N) is 3. The van der Waals surface area contributed by atoms with E-state index in [0.717, 1.165) is 0 Å². The summed E-state index contributed by atoms with van der Waals surface area (Å²) in [5.41, 5.74) is 7.48. The Morgan fingerprint density at radius 3 is 0.973 bits per heavy atom. The van der Waals surface area contributed by atoms with Crippen molar-refractivity contribution in [3.63, 3.8) is 0 Å². The van der Waals surface area contributed by atoms with Crippen LogP contribution in [0, 0.1) is 0 Å². The minimum absolute atomic E-state index is 0.0860. The van der Waals surface area contributed by atoms with Gasteiger partial charge in [0.25, 0.3) is 0 Å². The zero-order chi connectivity index (χ0) is 52.7. The molecule has 6 rings (SSSR count). The van der Waals surface area contributed by atoms with E-state index >= 15 is 0 Å². The Hall–Kier alpha value is -7.84. The molecule has 3 aromatic carbocycles. The summed E-state index contributed by atoms with van der Waals surface area (Å²) < 4.78 is 24.6. The van der Waals surface area contributed by atoms with E-state index in [0.29, 0.717) is 35.9 Å². The van der Waals surface area contributed by atoms with Crippen LogP contribution in [0.2, 0.25) is 0 Å². The molecule has 3 aromatic heterocycles. The standard InChI is InChI=1S/C55H65N7O12/c56-55(43(16-22-57-37-66)49-52(46(69)19-25-60(49)28-31-63)72-34-40-10-4-1-5-11-40,44(17-23-58-38-67)50-53(47(70)20-26-61(50)29-32-64)73-35-41-12-6-2-7-13-41)45(18-24-59-39-68)51-54(48(71)21-27-62(51)30-33-65)74-36-42-14-8-3-9-15-42/h1-15,19-21,25-27,37-39,43-45,63-65H,16-18,22-24,28-36,56H2,(H,57,66)(H,58,67)(H,59,68). The van der Waals surface area contributed by atoms with Crippen molar-refractivity contribution in [1.29, 1.82) is 0 Å². The highest BCUT2D eigenvalue weighted by atomic mass is 16.5. The van der Waals surface area contributed by atoms with Gasteiger partial charge in [-0.25, -0.2) is 0 Å². The molecular weight excluding hydrogens is 951 g/mol. The highest BCUT2D eigenvalue weighted by Gasteiger charge is 2.54. The van der Waals surface area contributed by atoms with Gasteiger partial charge in [-0.2, -0.15) is 0 Å². The number of ether oxygens (including phenoxy) is 3. The fourth-order valence-electron chi connectivity index (χ4n) is 9.78. The van der Waals surface area contributed by atoms with Gasteiger partial charge in [-0.05, 0) is 36.0 Å². The van der Waals surface area contributed by atoms with Crippen LogP contribution in [0.25, 0.3) is 0 Å². The lowest BCUT2D eigenvalue weighted by Crippen LogP contribution is -2.59. The third kappa shape index (κ3) is 13.8. The molecule has 0 fully saturated rings. The van der Waals surface area contributed by atoms with Gasteiger partial charge in [0.1, 0.15) is 19.8 Å². The zero-order valence-corrected chi connectivity index (χ0v) is 41.1. The minimum atomic E-state index is -2.04. The summed E-state index contributed by atoms with van der Waals surface area (Å²) in [6.07, 6.45) is 5.72. The Morgan fingerprint density at radius 1 is 0.459 bits per heavy atom. The number of rotatable bonds is 33. The maximum atomic E-state index is 14.6. The Labute approximate surface area is 428 Å². The van der Waals surface area contributed by atoms with E-state index in [1.807, 2.05) is 91.0 Å². The highest BCUT2D eigenvalue weighted by Crippen LogP contribution is 2.54. The van der Waals surface area contributed by atoms with E-state index in [-0.39, 0.29) is 113 Å². The number of pyridine rings is 3. The molecule has 19 heteroatoms. The Balaban J connectivity index is 1.83. The fraction of sp³-hybridized carbons (Fsp3) is 0.345. The van der Waals surface area contributed by atoms with Crippen molar-refractivity contribution in [3.05, 3.63) is 192 Å². The summed E-state index contributed by atoms with van der Waals surface area (Å²) in [7, 11) is 0. The molecule has 0 bridgehead atoms. The van der Waals surface area contributed by atoms with Crippen molar-refractivity contribution in [2.45, 2.75) is 82.0 Å². The highest BCUT2D eigenvalue weighted by molar-refractivity contribution is 5.49. The maximum absolute atomic E-state index is 14.6. The van der Waals surface area contributed by atoms with Gasteiger partial charge in [-0.3, -0.25) is 28.8 Å². The van der Waals surface area contributed by atoms with Gasteiger partial charge in [0, 0.05) is 99.4 Å². The van der Waals surface area contributed by atoms with E-state index in [1.54, 1.807) is 13.7 Å². The van der Waals surface area contributed by atoms with Crippen LogP contribution in [0.1, 0.15) is 70.8 Å². The number of nitrogens with zero attached hydrogens (tertiary/aromatic N) is 3. The van der Waals surface area contributed by atoms with Gasteiger partial charge in [-0.15, -0.1) is 0 Å². The lowest BCUT2D eigenvalue weighted by atomic mass is 9.60. The number of hydrogen-bond acceptors (Lipinski definition) is 13. The van der Waals surface area contributed by atoms with Crippen LogP contribution >= 0.6 is 0 Å². The lowest BCUT2D eigenvalue weighted by Gasteiger charge is -2.51. The second-order valence-electron chi connectivity index (χ2n) is 17.5. The number of amides is 3. The largest absolute Gasteiger partial charge is 0.483 e. The van der Waals surface area contributed by atoms with Crippen molar-refractivity contribution < 1.29 is 43.9 Å². The molecule has 0 spiro atoms. The van der Waals surface area contributed by atoms with E-state index < -0.39 is 59.4 Å². The molecule has 392 valence electrons. The van der Waals surface area contributed by atoms with Crippen LogP contribution in [-0.2, 0) is 53.8 Å². The summed E-state index contributed by atoms with van der Waals surface area (Å²) in [4.78, 5) is 80.6. The van der Waals surface area contributed by atoms with Crippen molar-refractivity contribution >= 4 is 19.2 Å². The average Bonchev–Trinajstić information content (AvgIpc) is 3.41. The molecule has 74 heavy (non-hydrogen) atoms. The zero-order valence-electron chi connectivity index (χ0n) is 41.1. The SMILES string of the molecule is NC(C(CCNC=O)c1c(OCc2ccccc2)c(=O)ccn1CCO)(C(CCNC=O)c1c(OCc2ccccc2)c(=O)ccn1CCO)C(CCNC=O)c1c(OCc2ccccc2)c(=O)ccn1CCO. The Kier molecular flexibility index (Phi) is 21.3. The normalized spacial score (nSPS) is 13.1. The molecule has 0 aliphatic heterocycles. The van der Waals surface area contributed by atoms with Gasteiger partial charge in [0.05, 0.1) is 36.9 Å². The molecule has 0 saturated heterocycles. The molecule has 0 aliphatic carbocycles. The number of hydrogen-bond donors (Lipinski definition) is 7. The van der Waals surface area contributed by atoms with Gasteiger partial charge < -0.3 is 64.9 Å². The third-order valence-electron chi connectivity index (χ3n) is 13.0. The molecule has 0 aliphatic rings. The number of carbonyl (C=O) groups is 3. The van der Waals surface area contributed by atoms with Crippen LogP contribution in [0.15, 0.2) is 142 Å². The monoisotopic (exact) mass is 1020 g/mol. The topological polar surface area (TPSA) is 268 Å². The van der Waals surface area contributed by atoms with Crippen LogP contribution in [0.4, 0.5) is 0 Å². The first-order chi connectivity index (χ1) is 36.1. The molecular formula is C55H65N7O12. The summed E-state index contributed by atoms with van der Waals surface area (Å²) in [6, 6.07) is 31.2. The van der Waals surface area contributed by atoms with Gasteiger partial charge in [0.15, 0.2) is 17.2 Å². The second kappa shape index (κ2) is 28.4. The smallest absolute Gasteiger partial charge is 0.223 e. The molecule has 19 nitrogen and oxygen atoms in total. The number of nitrogens with two attached hydrogens (primary N) is 1. The number of aliphatic hydroxyl groups is 3. The first-order valence-corrected chi connectivity index (χ1v) is 24.5. The Bertz CT molecular complexity index is 2590. The molecule has 0 saturated carbocycles. The van der Waals surface area contributed by atoms with E-state index in [2.05, 4.69) is 16.0 Å². The van der Waals surface area contributed by atoms with Crippen molar-refractivity contribution in [1.82, 2.24) is 29.7 Å². The molecule has 0 radical (unpaired) electrons. The first-order valence-electron chi connectivity index (χ1n) is 24.5. The van der Waals surface area contributed by atoms with E-state index in [1.165, 1.54) is 36.8 Å². The average molecular weight is 1020 g/mol. The summed E-state index contributed by atoms with van der Waals surface area (Å²) in [5, 5.41) is 40.5. The van der Waals surface area contributed by atoms with Crippen molar-refractivity contribution in [2.75, 3.05) is 39.5 Å². The molecule has 3 unspecified atom stereocenters. The van der Waals surface area contributed by atoms with Crippen LogP contribution < -0.4 is 52.2 Å². The Morgan fingerprint density at radius 2 is 0.730 bits per heavy atom. The lowest BCUT2D eigenvalue weighted by molar-refractivity contribution is -0.110. The van der Waals surface area contributed by atoms with Gasteiger partial charge in [0.2, 0.25) is 35.5 Å². The fourth-order valence-corrected chi connectivity index (χ4v) is 9.78. The molecule has 6 aromatic rings. The predicted molar refractivity (Wildman–Crippen MR) is 277 cm³/mol. The number of aliphatic hydroxyl groups excluding tert-OH is 3. The van der Waals surface area contributed by atoms with E-state index in [9.17, 15) is 44.1 Å². The summed E-state index contributed by atoms with van der Waals surface area (Å²) >= 11 is 0. The number of carbonyl (C=O) groups excluding carboxylic acids is 3. The van der Waals surface area contributed by atoms with Gasteiger partial charge >= 0.3 is 0 Å². The third-order valence-corrected chi connectivity index (χ3v) is 13.0. The van der Waals surface area contributed by atoms with Crippen molar-refractivity contribution in [3.8, 4) is 17.2 Å². The van der Waals surface area contributed by atoms with Crippen LogP contribution in [0.3, 0.4) is 0 Å². The number of benzene rings is 3. The second-order valence-corrected chi connectivity index (χ2v) is 17.5. The molecule has 3 heterocycles. The summed E-state index contributed by atoms with van der Waals surface area (Å²) in [5.74, 6) is -4.18. The minimum Gasteiger partial charge on any atom is -0.483 e. The van der Waals surface area contributed by atoms with Crippen LogP contribution in [-0.4, -0.2) is 93.2 Å². The van der Waals surface area contributed by atoms with E-state index in [4.69, 9.17) is 19.9 Å². The predicted octanol–water partition coefficient (Wildman–Crippen LogP) is 2.64. The summed E-state index contributed by atoms with van der Waals surface area (Å²) in [6.45, 7) is -2.13. The van der Waals surface area contributed by atoms with Crippen molar-refractivity contribution in [2.24, 2.45) is 5.73 Å². The number of aromatic nitrogens is 3.